The van der Waals surface area contributed by atoms with Crippen LogP contribution >= 0.6 is 12.2 Å². The van der Waals surface area contributed by atoms with Gasteiger partial charge in [0.05, 0.1) is 24.9 Å². The molecule has 222 valence electrons. The fourth-order valence-electron chi connectivity index (χ4n) is 5.73. The van der Waals surface area contributed by atoms with E-state index in [1.165, 1.54) is 0 Å². The number of aryl methyl sites for hydroxylation is 1. The standard InChI is InChI=1S/C35H33N5O3S/c1-23-21-30(24(2)39(23)26-16-18-28(42-3)19-17-26)34-33(31-11-7-8-20-36-31)38-35(44)40(34)27-14-12-25(13-15-27)37-32(41)22-43-29-9-5-4-6-10-29/h4-21,33-34H,22H2,1-3H3,(H,37,41)(H,38,44)/t33-,34-/m0/s1. The second kappa shape index (κ2) is 12.6. The Hall–Kier alpha value is -5.15. The normalized spacial score (nSPS) is 16.0. The third kappa shape index (κ3) is 5.87. The lowest BCUT2D eigenvalue weighted by molar-refractivity contribution is -0.118. The van der Waals surface area contributed by atoms with Crippen LogP contribution in [0.4, 0.5) is 11.4 Å². The summed E-state index contributed by atoms with van der Waals surface area (Å²) in [7, 11) is 1.67. The van der Waals surface area contributed by atoms with Gasteiger partial charge in [0.15, 0.2) is 11.7 Å². The first kappa shape index (κ1) is 28.9. The highest BCUT2D eigenvalue weighted by Gasteiger charge is 2.42. The van der Waals surface area contributed by atoms with Gasteiger partial charge < -0.3 is 29.6 Å². The van der Waals surface area contributed by atoms with Crippen LogP contribution in [0, 0.1) is 13.8 Å². The number of para-hydroxylation sites is 1. The Morgan fingerprint density at radius 1 is 0.909 bits per heavy atom. The van der Waals surface area contributed by atoms with Gasteiger partial charge in [-0.05, 0) is 110 Å². The lowest BCUT2D eigenvalue weighted by Crippen LogP contribution is -2.29. The molecule has 2 N–H and O–H groups in total. The fraction of sp³-hybridized carbons (Fsp3) is 0.171. The summed E-state index contributed by atoms with van der Waals surface area (Å²) in [6.45, 7) is 4.17. The molecule has 0 saturated carbocycles. The molecule has 1 saturated heterocycles. The molecule has 1 aliphatic heterocycles. The molecule has 2 atom stereocenters. The summed E-state index contributed by atoms with van der Waals surface area (Å²) in [6.07, 6.45) is 1.80. The average Bonchev–Trinajstić information content (AvgIpc) is 3.55. The van der Waals surface area contributed by atoms with Gasteiger partial charge in [0.2, 0.25) is 0 Å². The number of thiocarbonyl (C=S) groups is 1. The number of carbonyl (C=O) groups is 1. The van der Waals surface area contributed by atoms with E-state index in [1.54, 1.807) is 13.3 Å². The molecule has 8 nitrogen and oxygen atoms in total. The first-order chi connectivity index (χ1) is 21.4. The zero-order valence-electron chi connectivity index (χ0n) is 24.7. The molecule has 1 fully saturated rings. The van der Waals surface area contributed by atoms with Crippen molar-refractivity contribution in [2.24, 2.45) is 0 Å². The summed E-state index contributed by atoms with van der Waals surface area (Å²) in [5.74, 6) is 1.22. The monoisotopic (exact) mass is 603 g/mol. The fourth-order valence-corrected chi connectivity index (χ4v) is 6.08. The number of pyridine rings is 1. The lowest BCUT2D eigenvalue weighted by Gasteiger charge is -2.28. The summed E-state index contributed by atoms with van der Waals surface area (Å²) >= 11 is 5.94. The van der Waals surface area contributed by atoms with E-state index in [1.807, 2.05) is 84.9 Å². The molecule has 9 heteroatoms. The van der Waals surface area contributed by atoms with Crippen LogP contribution in [0.3, 0.4) is 0 Å². The van der Waals surface area contributed by atoms with E-state index in [-0.39, 0.29) is 24.6 Å². The predicted octanol–water partition coefficient (Wildman–Crippen LogP) is 6.69. The summed E-state index contributed by atoms with van der Waals surface area (Å²) in [4.78, 5) is 19.4. The maximum absolute atomic E-state index is 12.5. The number of ether oxygens (including phenoxy) is 2. The Morgan fingerprint density at radius 3 is 2.30 bits per heavy atom. The number of nitrogens with one attached hydrogen (secondary N) is 2. The summed E-state index contributed by atoms with van der Waals surface area (Å²) in [5, 5.41) is 7.06. The second-order valence-corrected chi connectivity index (χ2v) is 10.9. The number of carbonyl (C=O) groups excluding carboxylic acids is 1. The van der Waals surface area contributed by atoms with Gasteiger partial charge in [-0.1, -0.05) is 24.3 Å². The number of aromatic nitrogens is 2. The SMILES string of the molecule is COc1ccc(-n2c(C)cc([C@H]3[C@H](c4ccccn4)NC(=S)N3c3ccc(NC(=O)COc4ccccc4)cc3)c2C)cc1. The highest BCUT2D eigenvalue weighted by atomic mass is 32.1. The quantitative estimate of drug-likeness (QED) is 0.182. The van der Waals surface area contributed by atoms with Crippen molar-refractivity contribution in [2.45, 2.75) is 25.9 Å². The Labute approximate surface area is 262 Å². The van der Waals surface area contributed by atoms with Crippen LogP contribution in [-0.2, 0) is 4.79 Å². The molecule has 1 aliphatic rings. The van der Waals surface area contributed by atoms with E-state index in [2.05, 4.69) is 52.1 Å². The van der Waals surface area contributed by atoms with Crippen molar-refractivity contribution in [3.05, 3.63) is 132 Å². The van der Waals surface area contributed by atoms with E-state index >= 15 is 0 Å². The summed E-state index contributed by atoms with van der Waals surface area (Å²) < 4.78 is 13.2. The number of amides is 1. The molecule has 44 heavy (non-hydrogen) atoms. The lowest BCUT2D eigenvalue weighted by atomic mass is 9.96. The third-order valence-electron chi connectivity index (χ3n) is 7.76. The first-order valence-electron chi connectivity index (χ1n) is 14.3. The maximum atomic E-state index is 12.5. The molecule has 0 spiro atoms. The molecule has 3 heterocycles. The van der Waals surface area contributed by atoms with Crippen molar-refractivity contribution >= 4 is 34.6 Å². The van der Waals surface area contributed by atoms with Crippen molar-refractivity contribution < 1.29 is 14.3 Å². The molecule has 5 aromatic rings. The Kier molecular flexibility index (Phi) is 8.29. The number of benzene rings is 3. The predicted molar refractivity (Wildman–Crippen MR) is 177 cm³/mol. The van der Waals surface area contributed by atoms with Crippen LogP contribution in [0.2, 0.25) is 0 Å². The molecule has 0 unspecified atom stereocenters. The summed E-state index contributed by atoms with van der Waals surface area (Å²) in [5.41, 5.74) is 6.88. The van der Waals surface area contributed by atoms with Crippen LogP contribution in [0.25, 0.3) is 5.69 Å². The molecule has 1 amide bonds. The number of hydrogen-bond donors (Lipinski definition) is 2. The van der Waals surface area contributed by atoms with Gasteiger partial charge in [0.1, 0.15) is 11.5 Å². The molecular formula is C35H33N5O3S. The minimum atomic E-state index is -0.237. The van der Waals surface area contributed by atoms with Gasteiger partial charge in [-0.15, -0.1) is 0 Å². The van der Waals surface area contributed by atoms with Gasteiger partial charge in [0, 0.05) is 34.6 Å². The van der Waals surface area contributed by atoms with Crippen LogP contribution in [0.5, 0.6) is 11.5 Å². The maximum Gasteiger partial charge on any atom is 0.262 e. The van der Waals surface area contributed by atoms with Crippen molar-refractivity contribution in [3.63, 3.8) is 0 Å². The number of nitrogens with zero attached hydrogens (tertiary/aromatic N) is 3. The van der Waals surface area contributed by atoms with Gasteiger partial charge in [-0.3, -0.25) is 9.78 Å². The zero-order chi connectivity index (χ0) is 30.6. The van der Waals surface area contributed by atoms with Crippen molar-refractivity contribution in [1.82, 2.24) is 14.9 Å². The number of hydrogen-bond acceptors (Lipinski definition) is 5. The number of rotatable bonds is 9. The Balaban J connectivity index is 1.30. The van der Waals surface area contributed by atoms with Crippen molar-refractivity contribution in [3.8, 4) is 17.2 Å². The minimum Gasteiger partial charge on any atom is -0.497 e. The highest BCUT2D eigenvalue weighted by Crippen LogP contribution is 2.44. The van der Waals surface area contributed by atoms with E-state index < -0.39 is 0 Å². The highest BCUT2D eigenvalue weighted by molar-refractivity contribution is 7.80. The number of anilines is 2. The van der Waals surface area contributed by atoms with Gasteiger partial charge >= 0.3 is 0 Å². The van der Waals surface area contributed by atoms with E-state index in [4.69, 9.17) is 26.7 Å². The molecule has 2 aromatic heterocycles. The van der Waals surface area contributed by atoms with Crippen LogP contribution in [0.15, 0.2) is 109 Å². The average molecular weight is 604 g/mol. The molecule has 0 aliphatic carbocycles. The summed E-state index contributed by atoms with van der Waals surface area (Å²) in [6, 6.07) is 32.8. The van der Waals surface area contributed by atoms with E-state index in [0.29, 0.717) is 16.5 Å². The van der Waals surface area contributed by atoms with Gasteiger partial charge in [-0.25, -0.2) is 0 Å². The van der Waals surface area contributed by atoms with E-state index in [0.717, 1.165) is 39.8 Å². The van der Waals surface area contributed by atoms with Crippen molar-refractivity contribution in [1.29, 1.82) is 0 Å². The molecule has 3 aromatic carbocycles. The van der Waals surface area contributed by atoms with Crippen LogP contribution < -0.4 is 25.0 Å². The molecule has 0 bridgehead atoms. The van der Waals surface area contributed by atoms with Crippen molar-refractivity contribution in [2.75, 3.05) is 23.9 Å². The van der Waals surface area contributed by atoms with Crippen LogP contribution in [-0.4, -0.2) is 34.3 Å². The minimum absolute atomic E-state index is 0.0798. The molecule has 6 rings (SSSR count). The zero-order valence-corrected chi connectivity index (χ0v) is 25.5. The van der Waals surface area contributed by atoms with Gasteiger partial charge in [-0.2, -0.15) is 0 Å². The number of methoxy groups -OCH3 is 1. The van der Waals surface area contributed by atoms with Gasteiger partial charge in [0.25, 0.3) is 5.91 Å². The third-order valence-corrected chi connectivity index (χ3v) is 8.07. The second-order valence-electron chi connectivity index (χ2n) is 10.6. The smallest absolute Gasteiger partial charge is 0.262 e. The molecule has 0 radical (unpaired) electrons. The largest absolute Gasteiger partial charge is 0.497 e. The topological polar surface area (TPSA) is 80.7 Å². The van der Waals surface area contributed by atoms with E-state index in [9.17, 15) is 4.79 Å². The first-order valence-corrected chi connectivity index (χ1v) is 14.8. The van der Waals surface area contributed by atoms with Crippen LogP contribution in [0.1, 0.15) is 34.7 Å². The Morgan fingerprint density at radius 2 is 1.61 bits per heavy atom. The Bertz CT molecular complexity index is 1760. The molecular weight excluding hydrogens is 570 g/mol.